The van der Waals surface area contributed by atoms with Gasteiger partial charge in [-0.25, -0.2) is 0 Å². The monoisotopic (exact) mass is 348 g/mol. The number of amides is 1. The zero-order chi connectivity index (χ0) is 18.9. The molecule has 1 aromatic heterocycles. The van der Waals surface area contributed by atoms with Crippen molar-refractivity contribution in [3.63, 3.8) is 0 Å². The summed E-state index contributed by atoms with van der Waals surface area (Å²) in [6, 6.07) is 0. The van der Waals surface area contributed by atoms with Crippen LogP contribution in [-0.4, -0.2) is 34.0 Å². The maximum atomic E-state index is 12.8. The summed E-state index contributed by atoms with van der Waals surface area (Å²) in [6.07, 6.45) is 0.995. The van der Waals surface area contributed by atoms with Crippen molar-refractivity contribution in [2.45, 2.75) is 73.5 Å². The molecule has 0 bridgehead atoms. The average Bonchev–Trinajstić information content (AvgIpc) is 2.69. The average molecular weight is 348 g/mol. The van der Waals surface area contributed by atoms with Crippen LogP contribution in [0.2, 0.25) is 0 Å². The Hall–Kier alpha value is -1.62. The fraction of sp³-hybridized carbons (Fsp3) is 0.700. The van der Waals surface area contributed by atoms with Crippen molar-refractivity contribution >= 4 is 11.7 Å². The number of nitrogens with one attached hydrogen (secondary N) is 1. The van der Waals surface area contributed by atoms with E-state index in [9.17, 15) is 14.7 Å². The molecule has 1 aliphatic rings. The van der Waals surface area contributed by atoms with Crippen LogP contribution < -0.4 is 5.32 Å². The maximum Gasteiger partial charge on any atom is 0.224 e. The third-order valence-corrected chi connectivity index (χ3v) is 4.80. The molecule has 0 spiro atoms. The van der Waals surface area contributed by atoms with Crippen molar-refractivity contribution in [1.82, 2.24) is 9.88 Å². The van der Waals surface area contributed by atoms with Crippen molar-refractivity contribution in [2.75, 3.05) is 6.54 Å². The summed E-state index contributed by atoms with van der Waals surface area (Å²) >= 11 is 0. The molecule has 0 radical (unpaired) electrons. The number of rotatable bonds is 6. The molecule has 1 heterocycles. The van der Waals surface area contributed by atoms with Gasteiger partial charge in [0, 0.05) is 36.5 Å². The van der Waals surface area contributed by atoms with Crippen LogP contribution in [0.3, 0.4) is 0 Å². The molecule has 0 aliphatic heterocycles. The van der Waals surface area contributed by atoms with Gasteiger partial charge in [-0.15, -0.1) is 0 Å². The summed E-state index contributed by atoms with van der Waals surface area (Å²) in [5.41, 5.74) is 3.70. The molecule has 0 saturated heterocycles. The molecule has 0 unspecified atom stereocenters. The van der Waals surface area contributed by atoms with Gasteiger partial charge in [0.1, 0.15) is 0 Å². The van der Waals surface area contributed by atoms with E-state index in [0.29, 0.717) is 12.3 Å². The van der Waals surface area contributed by atoms with Crippen LogP contribution in [0.1, 0.15) is 68.3 Å². The van der Waals surface area contributed by atoms with Gasteiger partial charge < -0.3 is 15.0 Å². The molecule has 5 heteroatoms. The topological polar surface area (TPSA) is 71.3 Å². The van der Waals surface area contributed by atoms with Gasteiger partial charge in [-0.1, -0.05) is 27.7 Å². The summed E-state index contributed by atoms with van der Waals surface area (Å²) < 4.78 is 2.25. The van der Waals surface area contributed by atoms with Crippen LogP contribution in [0, 0.1) is 18.3 Å². The van der Waals surface area contributed by atoms with E-state index in [1.54, 1.807) is 6.92 Å². The second-order valence-corrected chi connectivity index (χ2v) is 8.66. The number of carbonyl (C=O) groups excluding carboxylic acids is 2. The van der Waals surface area contributed by atoms with E-state index in [-0.39, 0.29) is 30.1 Å². The number of hydrogen-bond acceptors (Lipinski definition) is 3. The molecule has 0 fully saturated rings. The van der Waals surface area contributed by atoms with Gasteiger partial charge in [0.25, 0.3) is 0 Å². The number of ketones is 1. The molecule has 1 aromatic rings. The highest BCUT2D eigenvalue weighted by Crippen LogP contribution is 2.39. The zero-order valence-corrected chi connectivity index (χ0v) is 16.4. The normalized spacial score (nSPS) is 17.5. The Balaban J connectivity index is 2.42. The fourth-order valence-electron chi connectivity index (χ4n) is 3.72. The van der Waals surface area contributed by atoms with Crippen LogP contribution >= 0.6 is 0 Å². The van der Waals surface area contributed by atoms with Crippen LogP contribution in [0.15, 0.2) is 0 Å². The highest BCUT2D eigenvalue weighted by molar-refractivity contribution is 6.01. The Bertz CT molecular complexity index is 669. The maximum absolute atomic E-state index is 12.8. The quantitative estimate of drug-likeness (QED) is 0.830. The molecular formula is C20H32N2O3. The first-order valence-electron chi connectivity index (χ1n) is 9.20. The molecule has 1 aliphatic carbocycles. The summed E-state index contributed by atoms with van der Waals surface area (Å²) in [4.78, 5) is 25.1. The number of hydrogen-bond donors (Lipinski definition) is 2. The van der Waals surface area contributed by atoms with E-state index in [0.717, 1.165) is 35.5 Å². The Kier molecular flexibility index (Phi) is 5.77. The number of aliphatic hydroxyl groups excluding tert-OH is 1. The molecule has 2 rings (SSSR count). The van der Waals surface area contributed by atoms with Crippen molar-refractivity contribution in [1.29, 1.82) is 0 Å². The predicted molar refractivity (Wildman–Crippen MR) is 98.8 cm³/mol. The van der Waals surface area contributed by atoms with Crippen LogP contribution in [0.5, 0.6) is 0 Å². The molecule has 1 atom stereocenters. The molecular weight excluding hydrogens is 316 g/mol. The lowest BCUT2D eigenvalue weighted by molar-refractivity contribution is -0.120. The lowest BCUT2D eigenvalue weighted by atomic mass is 9.75. The first kappa shape index (κ1) is 19.7. The molecule has 140 valence electrons. The van der Waals surface area contributed by atoms with E-state index >= 15 is 0 Å². The zero-order valence-electron chi connectivity index (χ0n) is 16.4. The van der Waals surface area contributed by atoms with Crippen molar-refractivity contribution in [2.24, 2.45) is 11.3 Å². The molecule has 0 saturated carbocycles. The highest BCUT2D eigenvalue weighted by atomic mass is 16.3. The Labute approximate surface area is 150 Å². The molecule has 5 nitrogen and oxygen atoms in total. The fourth-order valence-corrected chi connectivity index (χ4v) is 3.72. The van der Waals surface area contributed by atoms with Gasteiger partial charge in [0.05, 0.1) is 12.5 Å². The van der Waals surface area contributed by atoms with E-state index in [2.05, 4.69) is 37.6 Å². The van der Waals surface area contributed by atoms with Gasteiger partial charge in [-0.3, -0.25) is 9.59 Å². The minimum Gasteiger partial charge on any atom is -0.392 e. The van der Waals surface area contributed by atoms with Gasteiger partial charge in [-0.05, 0) is 37.2 Å². The van der Waals surface area contributed by atoms with Gasteiger partial charge >= 0.3 is 0 Å². The summed E-state index contributed by atoms with van der Waals surface area (Å²) in [6.45, 7) is 13.3. The number of fused-ring (bicyclic) bond motifs is 1. The number of Topliss-reactive ketones (excluding diaryl/α,β-unsaturated/α-hetero) is 1. The first-order valence-corrected chi connectivity index (χ1v) is 9.20. The van der Waals surface area contributed by atoms with Gasteiger partial charge in [-0.2, -0.15) is 0 Å². The lowest BCUT2D eigenvalue weighted by Crippen LogP contribution is -2.32. The molecule has 25 heavy (non-hydrogen) atoms. The minimum atomic E-state index is -0.577. The number of aromatic nitrogens is 1. The number of aliphatic hydroxyl groups is 1. The van der Waals surface area contributed by atoms with E-state index in [4.69, 9.17) is 0 Å². The van der Waals surface area contributed by atoms with Crippen molar-refractivity contribution in [3.8, 4) is 0 Å². The smallest absolute Gasteiger partial charge is 0.224 e. The Morgan fingerprint density at radius 2 is 1.92 bits per heavy atom. The van der Waals surface area contributed by atoms with E-state index < -0.39 is 6.10 Å². The second-order valence-electron chi connectivity index (χ2n) is 8.66. The van der Waals surface area contributed by atoms with Crippen LogP contribution in [0.4, 0.5) is 0 Å². The summed E-state index contributed by atoms with van der Waals surface area (Å²) in [5, 5.41) is 12.1. The highest BCUT2D eigenvalue weighted by Gasteiger charge is 2.37. The van der Waals surface area contributed by atoms with Gasteiger partial charge in [0.15, 0.2) is 5.78 Å². The standard InChI is InChI=1S/C20H32N2O3/c1-12(2)11-22-14(4)15(7-18(25)21-10-13(3)23)19-16(22)8-20(5,6)9-17(19)24/h12-13,23H,7-11H2,1-6H3,(H,21,25)/t13-/m0/s1. The lowest BCUT2D eigenvalue weighted by Gasteiger charge is -2.30. The first-order chi connectivity index (χ1) is 11.5. The Morgan fingerprint density at radius 3 is 2.48 bits per heavy atom. The minimum absolute atomic E-state index is 0.0462. The molecule has 0 aromatic carbocycles. The molecule has 2 N–H and O–H groups in total. The van der Waals surface area contributed by atoms with Crippen LogP contribution in [-0.2, 0) is 24.2 Å². The Morgan fingerprint density at radius 1 is 1.28 bits per heavy atom. The van der Waals surface area contributed by atoms with E-state index in [1.807, 2.05) is 6.92 Å². The number of carbonyl (C=O) groups is 2. The van der Waals surface area contributed by atoms with Gasteiger partial charge in [0.2, 0.25) is 5.91 Å². The van der Waals surface area contributed by atoms with Crippen molar-refractivity contribution < 1.29 is 14.7 Å². The summed E-state index contributed by atoms with van der Waals surface area (Å²) in [7, 11) is 0. The van der Waals surface area contributed by atoms with E-state index in [1.165, 1.54) is 0 Å². The predicted octanol–water partition coefficient (Wildman–Crippen LogP) is 2.65. The largest absolute Gasteiger partial charge is 0.392 e. The summed E-state index contributed by atoms with van der Waals surface area (Å²) in [5.74, 6) is 0.466. The SMILES string of the molecule is Cc1c(CC(=O)NC[C@H](C)O)c2c(n1CC(C)C)CC(C)(C)CC2=O. The third-order valence-electron chi connectivity index (χ3n) is 4.80. The second kappa shape index (κ2) is 7.32. The molecule has 1 amide bonds. The third kappa shape index (κ3) is 4.51. The van der Waals surface area contributed by atoms with Crippen molar-refractivity contribution in [3.05, 3.63) is 22.5 Å². The number of nitrogens with zero attached hydrogens (tertiary/aromatic N) is 1. The van der Waals surface area contributed by atoms with Crippen LogP contribution in [0.25, 0.3) is 0 Å².